The van der Waals surface area contributed by atoms with Gasteiger partial charge in [-0.05, 0) is 43.7 Å². The van der Waals surface area contributed by atoms with Gasteiger partial charge in [0.2, 0.25) is 5.88 Å². The minimum atomic E-state index is -0.615. The molecule has 1 aliphatic heterocycles. The summed E-state index contributed by atoms with van der Waals surface area (Å²) in [6, 6.07) is 3.62. The lowest BCUT2D eigenvalue weighted by Crippen LogP contribution is -2.52. The number of rotatable bonds is 10. The van der Waals surface area contributed by atoms with E-state index in [9.17, 15) is 9.90 Å². The molecule has 2 aliphatic rings. The molecule has 2 N–H and O–H groups in total. The lowest BCUT2D eigenvalue weighted by Gasteiger charge is -2.40. The molecular weight excluding hydrogens is 346 g/mol. The Morgan fingerprint density at radius 3 is 2.59 bits per heavy atom. The highest BCUT2D eigenvalue weighted by Gasteiger charge is 2.32. The van der Waals surface area contributed by atoms with Crippen molar-refractivity contribution >= 4 is 11.6 Å². The number of anilines is 1. The molecule has 0 unspecified atom stereocenters. The molecule has 2 heterocycles. The summed E-state index contributed by atoms with van der Waals surface area (Å²) in [5, 5.41) is 12.7. The third kappa shape index (κ3) is 4.52. The van der Waals surface area contributed by atoms with Crippen molar-refractivity contribution in [1.82, 2.24) is 10.3 Å². The highest BCUT2D eigenvalue weighted by atomic mass is 16.5. The summed E-state index contributed by atoms with van der Waals surface area (Å²) in [5.41, 5.74) is 0.600. The van der Waals surface area contributed by atoms with Gasteiger partial charge in [-0.25, -0.2) is 4.98 Å². The molecule has 1 aliphatic carbocycles. The smallest absolute Gasteiger partial charge is 0.270 e. The first-order valence-corrected chi connectivity index (χ1v) is 9.89. The molecule has 0 atom stereocenters. The van der Waals surface area contributed by atoms with Crippen LogP contribution in [0.15, 0.2) is 12.1 Å². The summed E-state index contributed by atoms with van der Waals surface area (Å²) >= 11 is 0. The maximum Gasteiger partial charge on any atom is 0.270 e. The van der Waals surface area contributed by atoms with Crippen LogP contribution in [0.3, 0.4) is 0 Å². The molecule has 1 aromatic heterocycles. The summed E-state index contributed by atoms with van der Waals surface area (Å²) < 4.78 is 11.3. The molecule has 7 heteroatoms. The van der Waals surface area contributed by atoms with Crippen molar-refractivity contribution in [3.63, 3.8) is 0 Å². The number of methoxy groups -OCH3 is 1. The number of aliphatic hydroxyl groups is 1. The Kier molecular flexibility index (Phi) is 6.22. The number of nitrogens with one attached hydrogen (secondary N) is 1. The van der Waals surface area contributed by atoms with Gasteiger partial charge in [0.05, 0.1) is 24.9 Å². The lowest BCUT2D eigenvalue weighted by molar-refractivity contribution is 0.0780. The quantitative estimate of drug-likeness (QED) is 0.649. The van der Waals surface area contributed by atoms with E-state index in [1.807, 2.05) is 19.9 Å². The zero-order valence-corrected chi connectivity index (χ0v) is 16.5. The van der Waals surface area contributed by atoms with E-state index in [0.717, 1.165) is 18.8 Å². The van der Waals surface area contributed by atoms with Crippen LogP contribution in [0.25, 0.3) is 0 Å². The van der Waals surface area contributed by atoms with Crippen LogP contribution in [0, 0.1) is 5.92 Å². The molecule has 0 spiro atoms. The first kappa shape index (κ1) is 19.9. The molecule has 3 rings (SSSR count). The SMILES string of the molecule is CCC(CC)(CO)NC(=O)c1ccc(N2CC(OC)C2)c(OCC2CC2)n1. The number of hydrogen-bond donors (Lipinski definition) is 2. The van der Waals surface area contributed by atoms with Crippen molar-refractivity contribution in [2.45, 2.75) is 51.2 Å². The Labute approximate surface area is 161 Å². The Morgan fingerprint density at radius 1 is 1.33 bits per heavy atom. The minimum absolute atomic E-state index is 0.0962. The third-order valence-corrected chi connectivity index (χ3v) is 5.78. The van der Waals surface area contributed by atoms with Gasteiger partial charge in [0.25, 0.3) is 5.91 Å². The Balaban J connectivity index is 1.77. The van der Waals surface area contributed by atoms with Crippen LogP contribution < -0.4 is 15.0 Å². The highest BCUT2D eigenvalue weighted by molar-refractivity contribution is 5.93. The molecule has 2 fully saturated rings. The first-order chi connectivity index (χ1) is 13.0. The molecule has 0 radical (unpaired) electrons. The predicted molar refractivity (Wildman–Crippen MR) is 103 cm³/mol. The van der Waals surface area contributed by atoms with Crippen LogP contribution >= 0.6 is 0 Å². The van der Waals surface area contributed by atoms with Crippen molar-refractivity contribution in [2.75, 3.05) is 38.3 Å². The second-order valence-electron chi connectivity index (χ2n) is 7.64. The molecule has 1 saturated carbocycles. The Hall–Kier alpha value is -1.86. The first-order valence-electron chi connectivity index (χ1n) is 9.89. The van der Waals surface area contributed by atoms with Crippen molar-refractivity contribution in [3.8, 4) is 5.88 Å². The fourth-order valence-electron chi connectivity index (χ4n) is 3.17. The van der Waals surface area contributed by atoms with Crippen molar-refractivity contribution in [2.24, 2.45) is 5.92 Å². The summed E-state index contributed by atoms with van der Waals surface area (Å²) in [4.78, 5) is 19.4. The maximum atomic E-state index is 12.7. The van der Waals surface area contributed by atoms with Gasteiger partial charge < -0.3 is 24.8 Å². The molecule has 1 amide bonds. The van der Waals surface area contributed by atoms with Crippen molar-refractivity contribution in [3.05, 3.63) is 17.8 Å². The van der Waals surface area contributed by atoms with Crippen molar-refractivity contribution < 1.29 is 19.4 Å². The standard InChI is InChI=1S/C20H31N3O4/c1-4-20(5-2,13-24)22-18(25)16-8-9-17(23-10-15(11-23)26-3)19(21-16)27-12-14-6-7-14/h8-9,14-15,24H,4-7,10-13H2,1-3H3,(H,22,25). The number of amides is 1. The number of nitrogens with zero attached hydrogens (tertiary/aromatic N) is 2. The van der Waals surface area contributed by atoms with Gasteiger partial charge in [0.1, 0.15) is 11.4 Å². The number of aliphatic hydroxyl groups excluding tert-OH is 1. The predicted octanol–water partition coefficient (Wildman–Crippen LogP) is 1.99. The third-order valence-electron chi connectivity index (χ3n) is 5.78. The Morgan fingerprint density at radius 2 is 2.04 bits per heavy atom. The number of carbonyl (C=O) groups excluding carboxylic acids is 1. The monoisotopic (exact) mass is 377 g/mol. The van der Waals surface area contributed by atoms with E-state index in [-0.39, 0.29) is 18.6 Å². The fourth-order valence-corrected chi connectivity index (χ4v) is 3.17. The van der Waals surface area contributed by atoms with Crippen LogP contribution in [0.1, 0.15) is 50.0 Å². The second kappa shape index (κ2) is 8.44. The van der Waals surface area contributed by atoms with Crippen LogP contribution in [-0.4, -0.2) is 61.1 Å². The fraction of sp³-hybridized carbons (Fsp3) is 0.700. The number of ether oxygens (including phenoxy) is 2. The van der Waals surface area contributed by atoms with E-state index in [0.29, 0.717) is 36.9 Å². The number of carbonyl (C=O) groups is 1. The Bertz CT molecular complexity index is 644. The van der Waals surface area contributed by atoms with Gasteiger partial charge in [0, 0.05) is 20.2 Å². The van der Waals surface area contributed by atoms with E-state index in [2.05, 4.69) is 15.2 Å². The van der Waals surface area contributed by atoms with Crippen molar-refractivity contribution in [1.29, 1.82) is 0 Å². The summed E-state index contributed by atoms with van der Waals surface area (Å²) in [7, 11) is 1.72. The zero-order valence-electron chi connectivity index (χ0n) is 16.5. The lowest BCUT2D eigenvalue weighted by atomic mass is 9.93. The van der Waals surface area contributed by atoms with E-state index in [1.54, 1.807) is 13.2 Å². The maximum absolute atomic E-state index is 12.7. The molecule has 0 bridgehead atoms. The van der Waals surface area contributed by atoms with E-state index >= 15 is 0 Å². The summed E-state index contributed by atoms with van der Waals surface area (Å²) in [5.74, 6) is 0.822. The second-order valence-corrected chi connectivity index (χ2v) is 7.64. The van der Waals surface area contributed by atoms with E-state index in [4.69, 9.17) is 9.47 Å². The van der Waals surface area contributed by atoms with Crippen LogP contribution in [0.2, 0.25) is 0 Å². The zero-order chi connectivity index (χ0) is 19.4. The number of pyridine rings is 1. The van der Waals surface area contributed by atoms with Crippen LogP contribution in [0.5, 0.6) is 5.88 Å². The number of hydrogen-bond acceptors (Lipinski definition) is 6. The van der Waals surface area contributed by atoms with Gasteiger partial charge >= 0.3 is 0 Å². The molecule has 0 aromatic carbocycles. The van der Waals surface area contributed by atoms with Gasteiger partial charge in [0.15, 0.2) is 0 Å². The van der Waals surface area contributed by atoms with Gasteiger partial charge in [-0.2, -0.15) is 0 Å². The summed E-state index contributed by atoms with van der Waals surface area (Å²) in [6.07, 6.45) is 3.92. The average molecular weight is 377 g/mol. The molecule has 1 saturated heterocycles. The minimum Gasteiger partial charge on any atom is -0.476 e. The number of aromatic nitrogens is 1. The van der Waals surface area contributed by atoms with Gasteiger partial charge in [-0.15, -0.1) is 0 Å². The molecular formula is C20H31N3O4. The average Bonchev–Trinajstić information content (AvgIpc) is 3.48. The normalized spacial score (nSPS) is 17.6. The van der Waals surface area contributed by atoms with E-state index in [1.165, 1.54) is 12.8 Å². The van der Waals surface area contributed by atoms with E-state index < -0.39 is 5.54 Å². The summed E-state index contributed by atoms with van der Waals surface area (Å²) in [6.45, 7) is 6.04. The largest absolute Gasteiger partial charge is 0.476 e. The van der Waals surface area contributed by atoms with Crippen LogP contribution in [-0.2, 0) is 4.74 Å². The van der Waals surface area contributed by atoms with Crippen LogP contribution in [0.4, 0.5) is 5.69 Å². The van der Waals surface area contributed by atoms with Gasteiger partial charge in [-0.3, -0.25) is 4.79 Å². The highest BCUT2D eigenvalue weighted by Crippen LogP contribution is 2.34. The molecule has 7 nitrogen and oxygen atoms in total. The molecule has 150 valence electrons. The topological polar surface area (TPSA) is 83.9 Å². The molecule has 1 aromatic rings. The van der Waals surface area contributed by atoms with Gasteiger partial charge in [-0.1, -0.05) is 13.8 Å². The molecule has 27 heavy (non-hydrogen) atoms.